The van der Waals surface area contributed by atoms with Crippen LogP contribution in [-0.2, 0) is 0 Å². The second-order valence-corrected chi connectivity index (χ2v) is 9.33. The predicted octanol–water partition coefficient (Wildman–Crippen LogP) is 7.23. The number of rotatable bonds is 4. The summed E-state index contributed by atoms with van der Waals surface area (Å²) in [4.78, 5) is 0. The van der Waals surface area contributed by atoms with Crippen molar-refractivity contribution < 1.29 is 0 Å². The molecule has 0 spiro atoms. The Morgan fingerprint density at radius 1 is 0.545 bits per heavy atom. The minimum absolute atomic E-state index is 1.02. The highest BCUT2D eigenvalue weighted by Gasteiger charge is 2.31. The second-order valence-electron chi connectivity index (χ2n) is 9.33. The monoisotopic (exact) mass is 304 g/mol. The summed E-state index contributed by atoms with van der Waals surface area (Å²) in [7, 11) is 0. The largest absolute Gasteiger partial charge is 0.0651 e. The van der Waals surface area contributed by atoms with Crippen molar-refractivity contribution in [3.8, 4) is 0 Å². The van der Waals surface area contributed by atoms with Crippen LogP contribution in [0.1, 0.15) is 104 Å². The summed E-state index contributed by atoms with van der Waals surface area (Å²) < 4.78 is 0. The van der Waals surface area contributed by atoms with Crippen LogP contribution in [0.4, 0.5) is 0 Å². The molecule has 3 saturated carbocycles. The van der Waals surface area contributed by atoms with E-state index in [1.54, 1.807) is 70.6 Å². The van der Waals surface area contributed by atoms with Gasteiger partial charge >= 0.3 is 0 Å². The van der Waals surface area contributed by atoms with Gasteiger partial charge in [-0.05, 0) is 67.6 Å². The van der Waals surface area contributed by atoms with Crippen molar-refractivity contribution in [1.29, 1.82) is 0 Å². The van der Waals surface area contributed by atoms with Crippen molar-refractivity contribution in [2.45, 2.75) is 104 Å². The molecule has 0 saturated heterocycles. The van der Waals surface area contributed by atoms with Crippen molar-refractivity contribution >= 4 is 0 Å². The summed E-state index contributed by atoms with van der Waals surface area (Å²) in [6.07, 6.45) is 21.7. The Morgan fingerprint density at radius 3 is 1.41 bits per heavy atom. The molecule has 0 aromatic rings. The third kappa shape index (κ3) is 4.51. The molecule has 22 heavy (non-hydrogen) atoms. The number of hydrogen-bond acceptors (Lipinski definition) is 0. The van der Waals surface area contributed by atoms with E-state index in [1.165, 1.54) is 19.3 Å². The Kier molecular flexibility index (Phi) is 6.28. The summed E-state index contributed by atoms with van der Waals surface area (Å²) in [5.41, 5.74) is 0. The molecule has 3 fully saturated rings. The average molecular weight is 305 g/mol. The molecule has 3 aliphatic carbocycles. The summed E-state index contributed by atoms with van der Waals surface area (Å²) in [6.45, 7) is 4.84. The van der Waals surface area contributed by atoms with E-state index in [4.69, 9.17) is 0 Å². The van der Waals surface area contributed by atoms with Crippen molar-refractivity contribution in [3.63, 3.8) is 0 Å². The molecule has 0 heterocycles. The first kappa shape index (κ1) is 16.8. The summed E-state index contributed by atoms with van der Waals surface area (Å²) >= 11 is 0. The molecule has 128 valence electrons. The topological polar surface area (TPSA) is 0 Å². The van der Waals surface area contributed by atoms with Crippen LogP contribution in [0, 0.1) is 35.5 Å². The highest BCUT2D eigenvalue weighted by molar-refractivity contribution is 4.83. The first-order valence-electron chi connectivity index (χ1n) is 10.7. The molecule has 0 aliphatic heterocycles. The van der Waals surface area contributed by atoms with Gasteiger partial charge in [-0.1, -0.05) is 71.6 Å². The fraction of sp³-hybridized carbons (Fsp3) is 1.00. The molecule has 0 bridgehead atoms. The SMILES string of the molecule is CCC1CCC(C2CCC(CC3CCC(C)CC3)CC2)CC1. The second kappa shape index (κ2) is 8.20. The summed E-state index contributed by atoms with van der Waals surface area (Å²) in [6, 6.07) is 0. The zero-order chi connectivity index (χ0) is 15.4. The quantitative estimate of drug-likeness (QED) is 0.514. The molecule has 3 rings (SSSR count). The molecule has 0 aromatic carbocycles. The van der Waals surface area contributed by atoms with Gasteiger partial charge in [0.15, 0.2) is 0 Å². The minimum Gasteiger partial charge on any atom is -0.0651 e. The van der Waals surface area contributed by atoms with Crippen LogP contribution in [-0.4, -0.2) is 0 Å². The van der Waals surface area contributed by atoms with E-state index in [9.17, 15) is 0 Å². The fourth-order valence-electron chi connectivity index (χ4n) is 6.00. The van der Waals surface area contributed by atoms with Crippen LogP contribution in [0.3, 0.4) is 0 Å². The first-order valence-corrected chi connectivity index (χ1v) is 10.7. The Hall–Kier alpha value is 0. The highest BCUT2D eigenvalue weighted by Crippen LogP contribution is 2.44. The van der Waals surface area contributed by atoms with E-state index in [0.29, 0.717) is 0 Å². The molecule has 0 unspecified atom stereocenters. The normalized spacial score (nSPS) is 43.9. The molecule has 0 amide bonds. The van der Waals surface area contributed by atoms with E-state index >= 15 is 0 Å². The summed E-state index contributed by atoms with van der Waals surface area (Å²) in [5, 5.41) is 0. The van der Waals surface area contributed by atoms with Crippen LogP contribution in [0.5, 0.6) is 0 Å². The van der Waals surface area contributed by atoms with Gasteiger partial charge in [0.2, 0.25) is 0 Å². The van der Waals surface area contributed by atoms with Gasteiger partial charge in [0.05, 0.1) is 0 Å². The lowest BCUT2D eigenvalue weighted by atomic mass is 9.67. The Bertz CT molecular complexity index is 296. The molecule has 0 heteroatoms. The maximum atomic E-state index is 2.45. The maximum Gasteiger partial charge on any atom is -0.0386 e. The van der Waals surface area contributed by atoms with Gasteiger partial charge in [-0.15, -0.1) is 0 Å². The van der Waals surface area contributed by atoms with Crippen LogP contribution in [0.2, 0.25) is 0 Å². The molecule has 0 nitrogen and oxygen atoms in total. The van der Waals surface area contributed by atoms with Gasteiger partial charge in [-0.2, -0.15) is 0 Å². The minimum atomic E-state index is 1.02. The summed E-state index contributed by atoms with van der Waals surface area (Å²) in [5.74, 6) is 6.51. The predicted molar refractivity (Wildman–Crippen MR) is 96.9 cm³/mol. The molecule has 0 N–H and O–H groups in total. The first-order chi connectivity index (χ1) is 10.7. The Morgan fingerprint density at radius 2 is 0.955 bits per heavy atom. The van der Waals surface area contributed by atoms with E-state index < -0.39 is 0 Å². The Labute approximate surface area is 139 Å². The van der Waals surface area contributed by atoms with Gasteiger partial charge in [0.1, 0.15) is 0 Å². The van der Waals surface area contributed by atoms with Gasteiger partial charge in [-0.25, -0.2) is 0 Å². The smallest absolute Gasteiger partial charge is 0.0386 e. The van der Waals surface area contributed by atoms with E-state index in [2.05, 4.69) is 13.8 Å². The lowest BCUT2D eigenvalue weighted by Crippen LogP contribution is -2.26. The van der Waals surface area contributed by atoms with Crippen molar-refractivity contribution in [3.05, 3.63) is 0 Å². The zero-order valence-corrected chi connectivity index (χ0v) is 15.4. The van der Waals surface area contributed by atoms with Crippen LogP contribution in [0.25, 0.3) is 0 Å². The lowest BCUT2D eigenvalue weighted by molar-refractivity contribution is 0.130. The lowest BCUT2D eigenvalue weighted by Gasteiger charge is -2.39. The van der Waals surface area contributed by atoms with Crippen molar-refractivity contribution in [1.82, 2.24) is 0 Å². The number of hydrogen-bond donors (Lipinski definition) is 0. The van der Waals surface area contributed by atoms with Gasteiger partial charge in [0, 0.05) is 0 Å². The van der Waals surface area contributed by atoms with Crippen molar-refractivity contribution in [2.75, 3.05) is 0 Å². The van der Waals surface area contributed by atoms with Crippen LogP contribution >= 0.6 is 0 Å². The average Bonchev–Trinajstić information content (AvgIpc) is 2.58. The molecular formula is C22H40. The van der Waals surface area contributed by atoms with E-state index in [-0.39, 0.29) is 0 Å². The van der Waals surface area contributed by atoms with Gasteiger partial charge in [0.25, 0.3) is 0 Å². The standard InChI is InChI=1S/C22H40/c1-3-18-8-12-21(13-9-18)22-14-10-20(11-15-22)16-19-6-4-17(2)5-7-19/h17-22H,3-16H2,1-2H3. The molecule has 0 radical (unpaired) electrons. The third-order valence-corrected chi connectivity index (χ3v) is 7.83. The fourth-order valence-corrected chi connectivity index (χ4v) is 6.00. The zero-order valence-electron chi connectivity index (χ0n) is 15.4. The van der Waals surface area contributed by atoms with E-state index in [1.807, 2.05) is 0 Å². The molecule has 0 atom stereocenters. The van der Waals surface area contributed by atoms with Crippen LogP contribution < -0.4 is 0 Å². The third-order valence-electron chi connectivity index (χ3n) is 7.83. The molecule has 0 aromatic heterocycles. The van der Waals surface area contributed by atoms with Crippen LogP contribution in [0.15, 0.2) is 0 Å². The van der Waals surface area contributed by atoms with Gasteiger partial charge in [-0.3, -0.25) is 0 Å². The van der Waals surface area contributed by atoms with Crippen molar-refractivity contribution in [2.24, 2.45) is 35.5 Å². The van der Waals surface area contributed by atoms with E-state index in [0.717, 1.165) is 35.5 Å². The molecule has 3 aliphatic rings. The molecular weight excluding hydrogens is 264 g/mol. The highest BCUT2D eigenvalue weighted by atomic mass is 14.4. The van der Waals surface area contributed by atoms with Gasteiger partial charge < -0.3 is 0 Å². The maximum absolute atomic E-state index is 2.45. The Balaban J connectivity index is 1.36.